The van der Waals surface area contributed by atoms with Gasteiger partial charge in [0.25, 0.3) is 0 Å². The van der Waals surface area contributed by atoms with Crippen LogP contribution in [-0.2, 0) is 0 Å². The van der Waals surface area contributed by atoms with E-state index in [1.54, 1.807) is 6.92 Å². The summed E-state index contributed by atoms with van der Waals surface area (Å²) in [6.45, 7) is 4.05. The fraction of sp³-hybridized carbons (Fsp3) is 0.231. The molecule has 0 aliphatic heterocycles. The summed E-state index contributed by atoms with van der Waals surface area (Å²) in [6.07, 6.45) is 1.36. The highest BCUT2D eigenvalue weighted by Gasteiger charge is 2.14. The Labute approximate surface area is 120 Å². The molecular weight excluding hydrogens is 286 g/mol. The van der Waals surface area contributed by atoms with Crippen molar-refractivity contribution in [3.63, 3.8) is 0 Å². The van der Waals surface area contributed by atoms with E-state index in [2.05, 4.69) is 20.6 Å². The average molecular weight is 299 g/mol. The Morgan fingerprint density at radius 1 is 1.30 bits per heavy atom. The molecule has 0 radical (unpaired) electrons. The van der Waals surface area contributed by atoms with Crippen molar-refractivity contribution >= 4 is 29.1 Å². The van der Waals surface area contributed by atoms with Crippen LogP contribution in [0.1, 0.15) is 12.5 Å². The number of aromatic nitrogens is 2. The first kappa shape index (κ1) is 14.5. The molecule has 0 aliphatic rings. The smallest absolute Gasteiger partial charge is 0.224 e. The second-order valence-corrected chi connectivity index (χ2v) is 4.51. The molecule has 20 heavy (non-hydrogen) atoms. The summed E-state index contributed by atoms with van der Waals surface area (Å²) < 4.78 is 27.6. The van der Waals surface area contributed by atoms with Crippen molar-refractivity contribution in [3.05, 3.63) is 40.6 Å². The Bertz CT molecular complexity index is 634. The summed E-state index contributed by atoms with van der Waals surface area (Å²) in [4.78, 5) is 8.02. The number of hydrogen-bond donors (Lipinski definition) is 2. The van der Waals surface area contributed by atoms with Gasteiger partial charge in [-0.05, 0) is 25.5 Å². The van der Waals surface area contributed by atoms with Gasteiger partial charge in [0.15, 0.2) is 11.6 Å². The lowest BCUT2D eigenvalue weighted by Gasteiger charge is -2.11. The van der Waals surface area contributed by atoms with Crippen LogP contribution in [0.5, 0.6) is 0 Å². The number of rotatable bonds is 4. The first-order valence-electron chi connectivity index (χ1n) is 6.01. The zero-order valence-electron chi connectivity index (χ0n) is 11.0. The summed E-state index contributed by atoms with van der Waals surface area (Å²) in [5.41, 5.74) is 0.0408. The largest absolute Gasteiger partial charge is 0.354 e. The van der Waals surface area contributed by atoms with Crippen LogP contribution in [0.4, 0.5) is 26.2 Å². The van der Waals surface area contributed by atoms with E-state index in [1.807, 2.05) is 6.92 Å². The van der Waals surface area contributed by atoms with Gasteiger partial charge in [0.1, 0.15) is 16.5 Å². The molecule has 0 bridgehead atoms. The van der Waals surface area contributed by atoms with Crippen molar-refractivity contribution < 1.29 is 8.78 Å². The van der Waals surface area contributed by atoms with E-state index >= 15 is 0 Å². The molecule has 1 aromatic heterocycles. The Morgan fingerprint density at radius 2 is 2.05 bits per heavy atom. The molecule has 1 aromatic carbocycles. The van der Waals surface area contributed by atoms with Crippen LogP contribution in [-0.4, -0.2) is 16.5 Å². The van der Waals surface area contributed by atoms with Gasteiger partial charge >= 0.3 is 0 Å². The van der Waals surface area contributed by atoms with E-state index in [0.29, 0.717) is 18.1 Å². The highest BCUT2D eigenvalue weighted by molar-refractivity contribution is 6.32. The van der Waals surface area contributed by atoms with E-state index in [-0.39, 0.29) is 16.5 Å². The number of hydrogen-bond acceptors (Lipinski definition) is 4. The van der Waals surface area contributed by atoms with Gasteiger partial charge in [-0.3, -0.25) is 0 Å². The van der Waals surface area contributed by atoms with Crippen LogP contribution < -0.4 is 10.6 Å². The lowest BCUT2D eigenvalue weighted by molar-refractivity contribution is 0.584. The molecule has 4 nitrogen and oxygen atoms in total. The Balaban J connectivity index is 2.39. The number of nitrogens with zero attached hydrogens (tertiary/aromatic N) is 2. The van der Waals surface area contributed by atoms with Crippen LogP contribution in [0.25, 0.3) is 0 Å². The van der Waals surface area contributed by atoms with Gasteiger partial charge in [-0.2, -0.15) is 4.98 Å². The maximum absolute atomic E-state index is 13.9. The second kappa shape index (κ2) is 6.00. The molecule has 0 amide bonds. The van der Waals surface area contributed by atoms with E-state index < -0.39 is 11.6 Å². The molecule has 0 unspecified atom stereocenters. The molecule has 0 aliphatic carbocycles. The first-order chi connectivity index (χ1) is 9.52. The fourth-order valence-electron chi connectivity index (χ4n) is 1.59. The Hall–Kier alpha value is -1.95. The number of benzene rings is 1. The minimum atomic E-state index is -0.715. The van der Waals surface area contributed by atoms with Gasteiger partial charge in [0.05, 0.1) is 6.20 Å². The lowest BCUT2D eigenvalue weighted by atomic mass is 10.2. The van der Waals surface area contributed by atoms with Crippen LogP contribution >= 0.6 is 11.6 Å². The standard InChI is InChI=1S/C13H13ClF2N4/c1-3-17-13-18-6-8(14)12(20-13)19-11-9(15)5-4-7(2)10(11)16/h4-6H,3H2,1-2H3,(H2,17,18,19,20). The highest BCUT2D eigenvalue weighted by atomic mass is 35.5. The summed E-state index contributed by atoms with van der Waals surface area (Å²) in [5, 5.41) is 5.64. The van der Waals surface area contributed by atoms with Gasteiger partial charge in [0.2, 0.25) is 5.95 Å². The summed E-state index contributed by atoms with van der Waals surface area (Å²) in [6, 6.07) is 2.54. The van der Waals surface area contributed by atoms with Crippen LogP contribution in [0, 0.1) is 18.6 Å². The van der Waals surface area contributed by atoms with Crippen molar-refractivity contribution in [1.82, 2.24) is 9.97 Å². The minimum Gasteiger partial charge on any atom is -0.354 e. The van der Waals surface area contributed by atoms with Crippen molar-refractivity contribution in [2.75, 3.05) is 17.2 Å². The molecule has 2 rings (SSSR count). The van der Waals surface area contributed by atoms with Gasteiger partial charge in [0, 0.05) is 6.54 Å². The molecule has 0 fully saturated rings. The van der Waals surface area contributed by atoms with Crippen molar-refractivity contribution in [1.29, 1.82) is 0 Å². The number of halogens is 3. The van der Waals surface area contributed by atoms with E-state index in [9.17, 15) is 8.78 Å². The second-order valence-electron chi connectivity index (χ2n) is 4.10. The highest BCUT2D eigenvalue weighted by Crippen LogP contribution is 2.28. The summed E-state index contributed by atoms with van der Waals surface area (Å²) >= 11 is 5.93. The molecule has 1 heterocycles. The van der Waals surface area contributed by atoms with E-state index in [4.69, 9.17) is 11.6 Å². The predicted octanol–water partition coefficient (Wildman–Crippen LogP) is 3.89. The van der Waals surface area contributed by atoms with Crippen LogP contribution in [0.3, 0.4) is 0 Å². The molecular formula is C13H13ClF2N4. The number of aryl methyl sites for hydroxylation is 1. The zero-order valence-corrected chi connectivity index (χ0v) is 11.7. The molecule has 2 N–H and O–H groups in total. The topological polar surface area (TPSA) is 49.8 Å². The van der Waals surface area contributed by atoms with Crippen molar-refractivity contribution in [2.45, 2.75) is 13.8 Å². The molecule has 0 saturated heterocycles. The third-order valence-corrected chi connectivity index (χ3v) is 2.88. The van der Waals surface area contributed by atoms with Gasteiger partial charge in [-0.1, -0.05) is 17.7 Å². The van der Waals surface area contributed by atoms with Gasteiger partial charge in [-0.25, -0.2) is 13.8 Å². The lowest BCUT2D eigenvalue weighted by Crippen LogP contribution is -2.06. The monoisotopic (exact) mass is 298 g/mol. The van der Waals surface area contributed by atoms with Gasteiger partial charge < -0.3 is 10.6 Å². The van der Waals surface area contributed by atoms with Crippen molar-refractivity contribution in [2.24, 2.45) is 0 Å². The number of anilines is 3. The first-order valence-corrected chi connectivity index (χ1v) is 6.38. The molecule has 7 heteroatoms. The molecule has 0 atom stereocenters. The average Bonchev–Trinajstić information content (AvgIpc) is 2.43. The summed E-state index contributed by atoms with van der Waals surface area (Å²) in [7, 11) is 0. The molecule has 0 saturated carbocycles. The van der Waals surface area contributed by atoms with Crippen molar-refractivity contribution in [3.8, 4) is 0 Å². The number of nitrogens with one attached hydrogen (secondary N) is 2. The minimum absolute atomic E-state index is 0.140. The zero-order chi connectivity index (χ0) is 14.7. The maximum atomic E-state index is 13.9. The fourth-order valence-corrected chi connectivity index (χ4v) is 1.73. The van der Waals surface area contributed by atoms with Crippen LogP contribution in [0.2, 0.25) is 5.02 Å². The third-order valence-electron chi connectivity index (χ3n) is 2.61. The normalized spacial score (nSPS) is 10.4. The molecule has 2 aromatic rings. The predicted molar refractivity (Wildman–Crippen MR) is 75.6 cm³/mol. The Morgan fingerprint density at radius 3 is 2.75 bits per heavy atom. The van der Waals surface area contributed by atoms with Gasteiger partial charge in [-0.15, -0.1) is 0 Å². The molecule has 106 valence electrons. The quantitative estimate of drug-likeness (QED) is 0.899. The van der Waals surface area contributed by atoms with Crippen LogP contribution in [0.15, 0.2) is 18.3 Å². The SMILES string of the molecule is CCNc1ncc(Cl)c(Nc2c(F)ccc(C)c2F)n1. The Kier molecular flexibility index (Phi) is 4.34. The summed E-state index contributed by atoms with van der Waals surface area (Å²) in [5.74, 6) is -0.925. The van der Waals surface area contributed by atoms with E-state index in [1.165, 1.54) is 18.3 Å². The van der Waals surface area contributed by atoms with E-state index in [0.717, 1.165) is 0 Å². The maximum Gasteiger partial charge on any atom is 0.224 e. The third kappa shape index (κ3) is 2.96. The molecule has 0 spiro atoms.